The minimum Gasteiger partial charge on any atom is -0.741 e. The Morgan fingerprint density at radius 1 is 0.943 bits per heavy atom. The molecule has 0 unspecified atom stereocenters. The van der Waals surface area contributed by atoms with Crippen LogP contribution in [0, 0.1) is 0 Å². The van der Waals surface area contributed by atoms with Gasteiger partial charge in [-0.2, -0.15) is 13.2 Å². The zero-order chi connectivity index (χ0) is 27.0. The second-order valence-corrected chi connectivity index (χ2v) is 14.6. The van der Waals surface area contributed by atoms with E-state index in [1.54, 1.807) is 0 Å². The molecular formula is C25H30F3NO4STe. The average molecular weight is 625 g/mol. The molecule has 0 aliphatic carbocycles. The number of halogens is 3. The van der Waals surface area contributed by atoms with Gasteiger partial charge in [0.1, 0.15) is 0 Å². The van der Waals surface area contributed by atoms with Crippen molar-refractivity contribution in [3.05, 3.63) is 56.8 Å². The minimum absolute atomic E-state index is 0.102. The van der Waals surface area contributed by atoms with Crippen molar-refractivity contribution in [2.24, 2.45) is 7.05 Å². The number of phenols is 1. The van der Waals surface area contributed by atoms with Gasteiger partial charge in [0, 0.05) is 0 Å². The second kappa shape index (κ2) is 10.3. The molecule has 0 radical (unpaired) electrons. The minimum atomic E-state index is -6.09. The van der Waals surface area contributed by atoms with Gasteiger partial charge in [-0.1, -0.05) is 0 Å². The standard InChI is InChI=1S/C24H29NOTe.CHF3O3S/c1-23(2,3)17-14-16(15-18(22(17)26)24(4,5)6)12-13-21-25(7)19-10-8-9-11-20(19)27-21;2-1(3,4)8(5,6)7/h8-15H,1-7H3;(H,5,6,7). The molecule has 0 fully saturated rings. The van der Waals surface area contributed by atoms with Gasteiger partial charge in [0.2, 0.25) is 0 Å². The molecule has 0 amide bonds. The number of fused-ring (bicyclic) bond motifs is 1. The fraction of sp³-hybridized carbons (Fsp3) is 0.400. The Hall–Kier alpha value is -1.86. The van der Waals surface area contributed by atoms with E-state index in [-0.39, 0.29) is 31.3 Å². The van der Waals surface area contributed by atoms with Gasteiger partial charge >= 0.3 is 179 Å². The summed E-state index contributed by atoms with van der Waals surface area (Å²) in [5.41, 5.74) is -1.32. The van der Waals surface area contributed by atoms with Crippen molar-refractivity contribution in [1.29, 1.82) is 0 Å². The molecule has 35 heavy (non-hydrogen) atoms. The molecule has 3 aromatic rings. The molecule has 1 heterocycles. The third-order valence-electron chi connectivity index (χ3n) is 5.22. The van der Waals surface area contributed by atoms with Crippen molar-refractivity contribution in [3.8, 4) is 5.75 Å². The first kappa shape index (κ1) is 29.4. The number of phenolic OH excluding ortho intramolecular Hbond substituents is 1. The molecule has 0 spiro atoms. The third kappa shape index (κ3) is 7.32. The van der Waals surface area contributed by atoms with Crippen LogP contribution in [0.4, 0.5) is 13.2 Å². The first-order valence-corrected chi connectivity index (χ1v) is 14.4. The zero-order valence-electron chi connectivity index (χ0n) is 20.7. The molecule has 0 aliphatic heterocycles. The fourth-order valence-corrected chi connectivity index (χ4v) is 6.34. The number of hydrogen-bond donors (Lipinski definition) is 1. The Morgan fingerprint density at radius 2 is 1.40 bits per heavy atom. The first-order valence-electron chi connectivity index (χ1n) is 10.7. The molecule has 0 saturated carbocycles. The van der Waals surface area contributed by atoms with Crippen LogP contribution in [0.2, 0.25) is 0 Å². The van der Waals surface area contributed by atoms with Crippen molar-refractivity contribution in [1.82, 2.24) is 0 Å². The molecule has 0 atom stereocenters. The molecule has 5 nitrogen and oxygen atoms in total. The predicted octanol–water partition coefficient (Wildman–Crippen LogP) is 5.24. The van der Waals surface area contributed by atoms with Crippen molar-refractivity contribution in [2.75, 3.05) is 0 Å². The number of aromatic hydroxyl groups is 1. The Bertz CT molecular complexity index is 1310. The van der Waals surface area contributed by atoms with Crippen LogP contribution in [0.3, 0.4) is 0 Å². The maximum Gasteiger partial charge on any atom is 0.485 e. The summed E-state index contributed by atoms with van der Waals surface area (Å²) in [7, 11) is -3.93. The van der Waals surface area contributed by atoms with E-state index in [0.717, 1.165) is 16.7 Å². The van der Waals surface area contributed by atoms with Crippen LogP contribution in [-0.4, -0.2) is 44.0 Å². The first-order chi connectivity index (χ1) is 15.7. The Kier molecular flexibility index (Phi) is 8.60. The Balaban J connectivity index is 0.000000466. The van der Waals surface area contributed by atoms with E-state index in [9.17, 15) is 18.3 Å². The quantitative estimate of drug-likeness (QED) is 0.183. The number of aromatic nitrogens is 1. The molecular weight excluding hydrogens is 595 g/mol. The number of para-hydroxylation sites is 1. The van der Waals surface area contributed by atoms with Crippen LogP contribution in [0.1, 0.15) is 61.9 Å². The molecule has 2 aromatic carbocycles. The Morgan fingerprint density at radius 3 is 1.80 bits per heavy atom. The van der Waals surface area contributed by atoms with Gasteiger partial charge in [0.05, 0.1) is 0 Å². The summed E-state index contributed by atoms with van der Waals surface area (Å²) < 4.78 is 64.1. The molecule has 1 aromatic heterocycles. The smallest absolute Gasteiger partial charge is 0.485 e. The molecule has 10 heteroatoms. The number of aryl methyl sites for hydroxylation is 1. The third-order valence-corrected chi connectivity index (χ3v) is 9.17. The van der Waals surface area contributed by atoms with Gasteiger partial charge in [0.25, 0.3) is 0 Å². The van der Waals surface area contributed by atoms with E-state index in [1.807, 2.05) is 0 Å². The Labute approximate surface area is 214 Å². The van der Waals surface area contributed by atoms with E-state index in [4.69, 9.17) is 13.0 Å². The fourth-order valence-electron chi connectivity index (χ4n) is 3.33. The van der Waals surface area contributed by atoms with E-state index >= 15 is 0 Å². The van der Waals surface area contributed by atoms with Gasteiger partial charge < -0.3 is 4.55 Å². The molecule has 0 aliphatic rings. The normalized spacial score (nSPS) is 13.2. The molecule has 0 saturated heterocycles. The molecule has 0 bridgehead atoms. The van der Waals surface area contributed by atoms with Crippen LogP contribution in [-0.2, 0) is 28.0 Å². The summed E-state index contributed by atoms with van der Waals surface area (Å²) in [6, 6.07) is 13.0. The van der Waals surface area contributed by atoms with Crippen molar-refractivity contribution in [2.45, 2.75) is 57.9 Å². The average Bonchev–Trinajstić information content (AvgIpc) is 3.00. The molecule has 3 rings (SSSR count). The predicted molar refractivity (Wildman–Crippen MR) is 132 cm³/mol. The van der Waals surface area contributed by atoms with E-state index in [1.165, 1.54) is 12.6 Å². The SMILES string of the molecule is C[n+]1c(/C=C/c2cc(C(C)(C)C)c(O)c(C(C)(C)C)c2)[te]c2ccccc21.O=S(=O)([O-])C(F)(F)F. The van der Waals surface area contributed by atoms with Crippen molar-refractivity contribution >= 4 is 51.6 Å². The van der Waals surface area contributed by atoms with Crippen LogP contribution in [0.15, 0.2) is 36.4 Å². The summed E-state index contributed by atoms with van der Waals surface area (Å²) >= 11 is -0.344. The second-order valence-electron chi connectivity index (χ2n) is 10.2. The molecule has 192 valence electrons. The summed E-state index contributed by atoms with van der Waals surface area (Å²) in [5.74, 6) is 0.443. The number of benzene rings is 2. The van der Waals surface area contributed by atoms with Gasteiger partial charge in [-0.15, -0.1) is 0 Å². The maximum atomic E-state index is 10.9. The van der Waals surface area contributed by atoms with Gasteiger partial charge in [0.15, 0.2) is 10.1 Å². The van der Waals surface area contributed by atoms with Crippen LogP contribution >= 0.6 is 0 Å². The van der Waals surface area contributed by atoms with Gasteiger partial charge in [-0.25, -0.2) is 8.42 Å². The summed E-state index contributed by atoms with van der Waals surface area (Å²) in [6.45, 7) is 12.9. The topological polar surface area (TPSA) is 81.3 Å². The van der Waals surface area contributed by atoms with E-state index < -0.39 is 15.6 Å². The van der Waals surface area contributed by atoms with Gasteiger partial charge in [-0.3, -0.25) is 0 Å². The van der Waals surface area contributed by atoms with E-state index in [0.29, 0.717) is 5.75 Å². The summed E-state index contributed by atoms with van der Waals surface area (Å²) in [4.78, 5) is 0. The van der Waals surface area contributed by atoms with Crippen molar-refractivity contribution in [3.63, 3.8) is 0 Å². The summed E-state index contributed by atoms with van der Waals surface area (Å²) in [5, 5.41) is 10.9. The monoisotopic (exact) mass is 627 g/mol. The van der Waals surface area contributed by atoms with Crippen molar-refractivity contribution < 1.29 is 35.8 Å². The van der Waals surface area contributed by atoms with E-state index in [2.05, 4.69) is 102 Å². The van der Waals surface area contributed by atoms with Crippen LogP contribution in [0.5, 0.6) is 5.75 Å². The molecule has 1 N–H and O–H groups in total. The maximum absolute atomic E-state index is 10.9. The number of nitrogens with zero attached hydrogens (tertiary/aromatic N) is 1. The van der Waals surface area contributed by atoms with Crippen LogP contribution in [0.25, 0.3) is 21.1 Å². The summed E-state index contributed by atoms with van der Waals surface area (Å²) in [6.07, 6.45) is 4.49. The number of alkyl halides is 3. The number of rotatable bonds is 2. The number of hydrogen-bond acceptors (Lipinski definition) is 4. The van der Waals surface area contributed by atoms with Crippen LogP contribution < -0.4 is 4.57 Å². The zero-order valence-corrected chi connectivity index (χ0v) is 23.8. The largest absolute Gasteiger partial charge is 0.741 e. The van der Waals surface area contributed by atoms with Gasteiger partial charge in [-0.05, 0) is 0 Å².